The minimum Gasteiger partial charge on any atom is -0.367 e. The molecule has 0 spiro atoms. The minimum absolute atomic E-state index is 0.500. The summed E-state index contributed by atoms with van der Waals surface area (Å²) in [5, 5.41) is 3.68. The molecule has 2 atom stereocenters. The summed E-state index contributed by atoms with van der Waals surface area (Å²) in [5.41, 5.74) is 8.52. The van der Waals surface area contributed by atoms with Crippen molar-refractivity contribution < 1.29 is 0 Å². The Balaban J connectivity index is 1.78. The van der Waals surface area contributed by atoms with Crippen LogP contribution in [0.25, 0.3) is 0 Å². The molecule has 104 valence electrons. The van der Waals surface area contributed by atoms with Crippen molar-refractivity contribution in [3.8, 4) is 0 Å². The maximum Gasteiger partial charge on any atom is 0.133 e. The highest BCUT2D eigenvalue weighted by Crippen LogP contribution is 2.29. The van der Waals surface area contributed by atoms with Gasteiger partial charge in [0.15, 0.2) is 0 Å². The van der Waals surface area contributed by atoms with Crippen molar-refractivity contribution in [3.63, 3.8) is 0 Å². The first-order valence-electron chi connectivity index (χ1n) is 7.68. The molecular weight excluding hydrogens is 236 g/mol. The summed E-state index contributed by atoms with van der Waals surface area (Å²) >= 11 is 0. The number of hydrogen-bond acceptors (Lipinski definition) is 4. The van der Waals surface area contributed by atoms with Gasteiger partial charge in [0.2, 0.25) is 0 Å². The smallest absolute Gasteiger partial charge is 0.133 e. The Kier molecular flexibility index (Phi) is 3.97. The highest BCUT2D eigenvalue weighted by atomic mass is 15.0. The zero-order chi connectivity index (χ0) is 13.1. The quantitative estimate of drug-likeness (QED) is 0.875. The van der Waals surface area contributed by atoms with E-state index >= 15 is 0 Å². The molecule has 0 radical (unpaired) electrons. The van der Waals surface area contributed by atoms with Crippen LogP contribution in [0.15, 0.2) is 6.33 Å². The van der Waals surface area contributed by atoms with Crippen molar-refractivity contribution in [1.29, 1.82) is 0 Å². The summed E-state index contributed by atoms with van der Waals surface area (Å²) in [5.74, 6) is 1.68. The summed E-state index contributed by atoms with van der Waals surface area (Å²) in [6.07, 6.45) is 11.6. The number of nitrogens with two attached hydrogens (primary N) is 1. The van der Waals surface area contributed by atoms with Crippen LogP contribution in [-0.4, -0.2) is 22.6 Å². The highest BCUT2D eigenvalue weighted by Gasteiger charge is 2.25. The van der Waals surface area contributed by atoms with E-state index in [1.54, 1.807) is 6.33 Å². The monoisotopic (exact) mass is 260 g/mol. The van der Waals surface area contributed by atoms with Crippen molar-refractivity contribution in [2.75, 3.05) is 11.9 Å². The van der Waals surface area contributed by atoms with Gasteiger partial charge in [-0.05, 0) is 51.0 Å². The van der Waals surface area contributed by atoms with Crippen LogP contribution in [0.2, 0.25) is 0 Å². The number of hydrogen-bond donors (Lipinski definition) is 2. The lowest BCUT2D eigenvalue weighted by Gasteiger charge is -2.32. The maximum atomic E-state index is 5.91. The van der Waals surface area contributed by atoms with Crippen LogP contribution in [0.4, 0.5) is 5.82 Å². The molecule has 1 aromatic rings. The van der Waals surface area contributed by atoms with Gasteiger partial charge in [0.1, 0.15) is 12.1 Å². The molecule has 1 aromatic heterocycles. The standard InChI is InChI=1S/C15H24N4/c16-9-11-5-1-3-7-13(11)19-15-12-6-2-4-8-14(12)17-10-18-15/h10-11,13H,1-9,16H2,(H,17,18,19). The molecule has 3 N–H and O–H groups in total. The second kappa shape index (κ2) is 5.87. The lowest BCUT2D eigenvalue weighted by atomic mass is 9.84. The van der Waals surface area contributed by atoms with Crippen molar-refractivity contribution in [3.05, 3.63) is 17.6 Å². The van der Waals surface area contributed by atoms with Gasteiger partial charge in [0.05, 0.1) is 0 Å². The first-order chi connectivity index (χ1) is 9.38. The second-order valence-electron chi connectivity index (χ2n) is 5.89. The predicted octanol–water partition coefficient (Wildman–Crippen LogP) is 2.28. The van der Waals surface area contributed by atoms with Gasteiger partial charge in [-0.15, -0.1) is 0 Å². The molecular formula is C15H24N4. The molecule has 1 fully saturated rings. The van der Waals surface area contributed by atoms with E-state index in [2.05, 4.69) is 15.3 Å². The van der Waals surface area contributed by atoms with Crippen molar-refractivity contribution in [2.45, 2.75) is 57.4 Å². The average molecular weight is 260 g/mol. The van der Waals surface area contributed by atoms with E-state index in [-0.39, 0.29) is 0 Å². The van der Waals surface area contributed by atoms with E-state index in [0.717, 1.165) is 25.2 Å². The normalized spacial score (nSPS) is 26.8. The average Bonchev–Trinajstić information content (AvgIpc) is 2.48. The first-order valence-corrected chi connectivity index (χ1v) is 7.68. The van der Waals surface area contributed by atoms with Gasteiger partial charge in [0.25, 0.3) is 0 Å². The van der Waals surface area contributed by atoms with Crippen molar-refractivity contribution in [1.82, 2.24) is 9.97 Å². The van der Waals surface area contributed by atoms with E-state index in [1.807, 2.05) is 0 Å². The number of aryl methyl sites for hydroxylation is 1. The van der Waals surface area contributed by atoms with Gasteiger partial charge in [-0.3, -0.25) is 0 Å². The number of anilines is 1. The van der Waals surface area contributed by atoms with Crippen LogP contribution in [-0.2, 0) is 12.8 Å². The third-order valence-corrected chi connectivity index (χ3v) is 4.66. The Morgan fingerprint density at radius 3 is 2.84 bits per heavy atom. The van der Waals surface area contributed by atoms with Crippen LogP contribution in [0.3, 0.4) is 0 Å². The largest absolute Gasteiger partial charge is 0.367 e. The topological polar surface area (TPSA) is 63.8 Å². The molecule has 2 unspecified atom stereocenters. The van der Waals surface area contributed by atoms with Crippen LogP contribution < -0.4 is 11.1 Å². The van der Waals surface area contributed by atoms with E-state index in [1.165, 1.54) is 49.8 Å². The Hall–Kier alpha value is -1.16. The van der Waals surface area contributed by atoms with Gasteiger partial charge in [0, 0.05) is 17.3 Å². The van der Waals surface area contributed by atoms with Gasteiger partial charge < -0.3 is 11.1 Å². The van der Waals surface area contributed by atoms with Crippen LogP contribution >= 0.6 is 0 Å². The summed E-state index contributed by atoms with van der Waals surface area (Å²) in [6, 6.07) is 0.500. The Bertz CT molecular complexity index is 432. The summed E-state index contributed by atoms with van der Waals surface area (Å²) < 4.78 is 0. The Labute approximate surface area is 115 Å². The van der Waals surface area contributed by atoms with Crippen LogP contribution in [0.1, 0.15) is 49.8 Å². The van der Waals surface area contributed by atoms with Gasteiger partial charge in [-0.25, -0.2) is 9.97 Å². The van der Waals surface area contributed by atoms with E-state index in [9.17, 15) is 0 Å². The van der Waals surface area contributed by atoms with Crippen molar-refractivity contribution >= 4 is 5.82 Å². The molecule has 0 amide bonds. The minimum atomic E-state index is 0.500. The van der Waals surface area contributed by atoms with E-state index in [4.69, 9.17) is 5.73 Å². The zero-order valence-electron chi connectivity index (χ0n) is 11.6. The Morgan fingerprint density at radius 2 is 1.95 bits per heavy atom. The predicted molar refractivity (Wildman–Crippen MR) is 77.1 cm³/mol. The molecule has 0 saturated heterocycles. The molecule has 2 aliphatic carbocycles. The number of fused-ring (bicyclic) bond motifs is 1. The molecule has 4 nitrogen and oxygen atoms in total. The molecule has 1 saturated carbocycles. The van der Waals surface area contributed by atoms with Crippen molar-refractivity contribution in [2.24, 2.45) is 11.7 Å². The fourth-order valence-corrected chi connectivity index (χ4v) is 3.50. The van der Waals surface area contributed by atoms with Crippen LogP contribution in [0.5, 0.6) is 0 Å². The summed E-state index contributed by atoms with van der Waals surface area (Å²) in [6.45, 7) is 0.783. The van der Waals surface area contributed by atoms with Gasteiger partial charge in [-0.2, -0.15) is 0 Å². The lowest BCUT2D eigenvalue weighted by Crippen LogP contribution is -2.37. The molecule has 0 bridgehead atoms. The third kappa shape index (κ3) is 2.73. The molecule has 2 aliphatic rings. The fourth-order valence-electron chi connectivity index (χ4n) is 3.50. The molecule has 0 aromatic carbocycles. The number of rotatable bonds is 3. The number of nitrogens with one attached hydrogen (secondary N) is 1. The van der Waals surface area contributed by atoms with Crippen LogP contribution in [0, 0.1) is 5.92 Å². The summed E-state index contributed by atoms with van der Waals surface area (Å²) in [7, 11) is 0. The number of nitrogens with zero attached hydrogens (tertiary/aromatic N) is 2. The van der Waals surface area contributed by atoms with Gasteiger partial charge in [-0.1, -0.05) is 12.8 Å². The Morgan fingerprint density at radius 1 is 1.11 bits per heavy atom. The SMILES string of the molecule is NCC1CCCCC1Nc1ncnc2c1CCCC2. The van der Waals surface area contributed by atoms with E-state index < -0.39 is 0 Å². The molecule has 1 heterocycles. The first kappa shape index (κ1) is 12.9. The molecule has 4 heteroatoms. The second-order valence-corrected chi connectivity index (χ2v) is 5.89. The lowest BCUT2D eigenvalue weighted by molar-refractivity contribution is 0.332. The summed E-state index contributed by atoms with van der Waals surface area (Å²) in [4.78, 5) is 8.93. The molecule has 3 rings (SSSR count). The van der Waals surface area contributed by atoms with Gasteiger partial charge >= 0.3 is 0 Å². The maximum absolute atomic E-state index is 5.91. The fraction of sp³-hybridized carbons (Fsp3) is 0.733. The number of aromatic nitrogens is 2. The highest BCUT2D eigenvalue weighted by molar-refractivity contribution is 5.47. The molecule has 0 aliphatic heterocycles. The molecule has 19 heavy (non-hydrogen) atoms. The van der Waals surface area contributed by atoms with E-state index in [0.29, 0.717) is 12.0 Å². The third-order valence-electron chi connectivity index (χ3n) is 4.66. The zero-order valence-corrected chi connectivity index (χ0v) is 11.6.